The molecule has 0 unspecified atom stereocenters. The summed E-state index contributed by atoms with van der Waals surface area (Å²) < 4.78 is 5.02. The summed E-state index contributed by atoms with van der Waals surface area (Å²) in [5.41, 5.74) is 2.27. The Kier molecular flexibility index (Phi) is 2.32. The summed E-state index contributed by atoms with van der Waals surface area (Å²) in [5.74, 6) is 0.725. The standard InChI is InChI=1S/C10H12O/c1-8-6-4-5-7-10(8)9(2)11-3/h4-7H,2H2,1,3H3. The summed E-state index contributed by atoms with van der Waals surface area (Å²) in [6, 6.07) is 8.02. The van der Waals surface area contributed by atoms with Gasteiger partial charge in [0.05, 0.1) is 7.11 Å². The van der Waals surface area contributed by atoms with Gasteiger partial charge in [-0.25, -0.2) is 0 Å². The fourth-order valence-corrected chi connectivity index (χ4v) is 0.996. The molecule has 1 heteroatoms. The second-order valence-corrected chi connectivity index (χ2v) is 2.44. The molecule has 0 fully saturated rings. The van der Waals surface area contributed by atoms with Crippen LogP contribution in [0, 0.1) is 6.92 Å². The average Bonchev–Trinajstić information content (AvgIpc) is 2.04. The van der Waals surface area contributed by atoms with E-state index in [2.05, 4.69) is 6.58 Å². The summed E-state index contributed by atoms with van der Waals surface area (Å²) in [7, 11) is 1.63. The average molecular weight is 148 g/mol. The molecule has 0 bridgehead atoms. The van der Waals surface area contributed by atoms with Crippen LogP contribution in [0.2, 0.25) is 0 Å². The lowest BCUT2D eigenvalue weighted by molar-refractivity contribution is 0.371. The van der Waals surface area contributed by atoms with E-state index in [9.17, 15) is 0 Å². The molecular weight excluding hydrogens is 136 g/mol. The molecule has 1 aromatic rings. The quantitative estimate of drug-likeness (QED) is 0.586. The fraction of sp³-hybridized carbons (Fsp3) is 0.200. The number of methoxy groups -OCH3 is 1. The Bertz CT molecular complexity index is 263. The zero-order chi connectivity index (χ0) is 8.27. The van der Waals surface area contributed by atoms with Crippen molar-refractivity contribution in [1.29, 1.82) is 0 Å². The van der Waals surface area contributed by atoms with E-state index >= 15 is 0 Å². The van der Waals surface area contributed by atoms with Crippen molar-refractivity contribution in [3.05, 3.63) is 42.0 Å². The topological polar surface area (TPSA) is 9.23 Å². The summed E-state index contributed by atoms with van der Waals surface area (Å²) in [6.45, 7) is 5.82. The molecule has 0 amide bonds. The minimum Gasteiger partial charge on any atom is -0.497 e. The van der Waals surface area contributed by atoms with Crippen LogP contribution in [0.1, 0.15) is 11.1 Å². The molecule has 0 aliphatic carbocycles. The van der Waals surface area contributed by atoms with Crippen LogP contribution >= 0.6 is 0 Å². The highest BCUT2D eigenvalue weighted by atomic mass is 16.5. The largest absolute Gasteiger partial charge is 0.497 e. The molecule has 0 aromatic heterocycles. The molecule has 0 N–H and O–H groups in total. The van der Waals surface area contributed by atoms with Crippen molar-refractivity contribution >= 4 is 5.76 Å². The van der Waals surface area contributed by atoms with E-state index in [0.29, 0.717) is 0 Å². The van der Waals surface area contributed by atoms with Gasteiger partial charge in [0, 0.05) is 5.56 Å². The van der Waals surface area contributed by atoms with Crippen LogP contribution in [-0.4, -0.2) is 7.11 Å². The summed E-state index contributed by atoms with van der Waals surface area (Å²) in [4.78, 5) is 0. The number of rotatable bonds is 2. The van der Waals surface area contributed by atoms with E-state index in [1.807, 2.05) is 31.2 Å². The maximum atomic E-state index is 5.02. The normalized spacial score (nSPS) is 9.27. The van der Waals surface area contributed by atoms with E-state index in [-0.39, 0.29) is 0 Å². The minimum atomic E-state index is 0.725. The monoisotopic (exact) mass is 148 g/mol. The van der Waals surface area contributed by atoms with Crippen molar-refractivity contribution in [1.82, 2.24) is 0 Å². The third-order valence-electron chi connectivity index (χ3n) is 1.69. The van der Waals surface area contributed by atoms with Crippen LogP contribution in [0.15, 0.2) is 30.8 Å². The van der Waals surface area contributed by atoms with E-state index in [0.717, 1.165) is 11.3 Å². The van der Waals surface area contributed by atoms with E-state index in [1.165, 1.54) is 5.56 Å². The van der Waals surface area contributed by atoms with Crippen molar-refractivity contribution in [2.45, 2.75) is 6.92 Å². The second kappa shape index (κ2) is 3.24. The molecular formula is C10H12O. The molecule has 0 heterocycles. The molecule has 0 aliphatic heterocycles. The number of aryl methyl sites for hydroxylation is 1. The summed E-state index contributed by atoms with van der Waals surface area (Å²) >= 11 is 0. The van der Waals surface area contributed by atoms with Gasteiger partial charge >= 0.3 is 0 Å². The first kappa shape index (κ1) is 7.86. The van der Waals surface area contributed by atoms with Gasteiger partial charge in [0.1, 0.15) is 5.76 Å². The van der Waals surface area contributed by atoms with Crippen LogP contribution in [0.3, 0.4) is 0 Å². The zero-order valence-corrected chi connectivity index (χ0v) is 6.92. The lowest BCUT2D eigenvalue weighted by Crippen LogP contribution is -1.88. The highest BCUT2D eigenvalue weighted by molar-refractivity contribution is 5.60. The number of hydrogen-bond donors (Lipinski definition) is 0. The van der Waals surface area contributed by atoms with Crippen LogP contribution < -0.4 is 0 Å². The molecule has 1 nitrogen and oxygen atoms in total. The Balaban J connectivity index is 3.03. The van der Waals surface area contributed by atoms with Gasteiger partial charge < -0.3 is 4.74 Å². The Morgan fingerprint density at radius 3 is 2.55 bits per heavy atom. The van der Waals surface area contributed by atoms with E-state index in [4.69, 9.17) is 4.74 Å². The SMILES string of the molecule is C=C(OC)c1ccccc1C. The maximum Gasteiger partial charge on any atom is 0.119 e. The van der Waals surface area contributed by atoms with Crippen molar-refractivity contribution < 1.29 is 4.74 Å². The molecule has 1 aromatic carbocycles. The highest BCUT2D eigenvalue weighted by Gasteiger charge is 1.99. The third kappa shape index (κ3) is 1.61. The molecule has 11 heavy (non-hydrogen) atoms. The predicted molar refractivity (Wildman–Crippen MR) is 47.2 cm³/mol. The first-order valence-corrected chi connectivity index (χ1v) is 3.54. The van der Waals surface area contributed by atoms with Crippen molar-refractivity contribution in [2.75, 3.05) is 7.11 Å². The van der Waals surface area contributed by atoms with Crippen LogP contribution in [-0.2, 0) is 4.74 Å². The maximum absolute atomic E-state index is 5.02. The van der Waals surface area contributed by atoms with Gasteiger partial charge in [-0.3, -0.25) is 0 Å². The molecule has 0 saturated carbocycles. The van der Waals surface area contributed by atoms with Crippen LogP contribution in [0.4, 0.5) is 0 Å². The third-order valence-corrected chi connectivity index (χ3v) is 1.69. The van der Waals surface area contributed by atoms with Gasteiger partial charge in [-0.1, -0.05) is 30.8 Å². The fourth-order valence-electron chi connectivity index (χ4n) is 0.996. The summed E-state index contributed by atoms with van der Waals surface area (Å²) in [6.07, 6.45) is 0. The zero-order valence-electron chi connectivity index (χ0n) is 6.92. The smallest absolute Gasteiger partial charge is 0.119 e. The molecule has 0 aliphatic rings. The Morgan fingerprint density at radius 1 is 1.36 bits per heavy atom. The predicted octanol–water partition coefficient (Wildman–Crippen LogP) is 2.61. The highest BCUT2D eigenvalue weighted by Crippen LogP contribution is 2.16. The Hall–Kier alpha value is -1.24. The summed E-state index contributed by atoms with van der Waals surface area (Å²) in [5, 5.41) is 0. The lowest BCUT2D eigenvalue weighted by Gasteiger charge is -2.06. The van der Waals surface area contributed by atoms with Gasteiger partial charge in [-0.05, 0) is 12.5 Å². The molecule has 0 atom stereocenters. The molecule has 1 rings (SSSR count). The Labute approximate surface area is 67.3 Å². The van der Waals surface area contributed by atoms with E-state index in [1.54, 1.807) is 7.11 Å². The second-order valence-electron chi connectivity index (χ2n) is 2.44. The van der Waals surface area contributed by atoms with E-state index < -0.39 is 0 Å². The number of hydrogen-bond acceptors (Lipinski definition) is 1. The van der Waals surface area contributed by atoms with Gasteiger partial charge in [0.15, 0.2) is 0 Å². The number of ether oxygens (including phenoxy) is 1. The molecule has 58 valence electrons. The van der Waals surface area contributed by atoms with Crippen molar-refractivity contribution in [2.24, 2.45) is 0 Å². The van der Waals surface area contributed by atoms with Crippen molar-refractivity contribution in [3.8, 4) is 0 Å². The van der Waals surface area contributed by atoms with Crippen LogP contribution in [0.5, 0.6) is 0 Å². The number of benzene rings is 1. The first-order chi connectivity index (χ1) is 5.25. The first-order valence-electron chi connectivity index (χ1n) is 3.54. The van der Waals surface area contributed by atoms with Crippen LogP contribution in [0.25, 0.3) is 5.76 Å². The van der Waals surface area contributed by atoms with Gasteiger partial charge in [-0.2, -0.15) is 0 Å². The molecule has 0 saturated heterocycles. The minimum absolute atomic E-state index is 0.725. The van der Waals surface area contributed by atoms with Crippen molar-refractivity contribution in [3.63, 3.8) is 0 Å². The van der Waals surface area contributed by atoms with Gasteiger partial charge in [0.25, 0.3) is 0 Å². The Morgan fingerprint density at radius 2 is 2.00 bits per heavy atom. The van der Waals surface area contributed by atoms with Gasteiger partial charge in [-0.15, -0.1) is 0 Å². The lowest BCUT2D eigenvalue weighted by atomic mass is 10.1. The van der Waals surface area contributed by atoms with Gasteiger partial charge in [0.2, 0.25) is 0 Å². The molecule has 0 radical (unpaired) electrons. The molecule has 0 spiro atoms.